The topological polar surface area (TPSA) is 3.24 Å². The van der Waals surface area contributed by atoms with Crippen LogP contribution < -0.4 is 4.90 Å². The highest BCUT2D eigenvalue weighted by Crippen LogP contribution is 2.58. The third kappa shape index (κ3) is 4.47. The average Bonchev–Trinajstić information content (AvgIpc) is 3.67. The van der Waals surface area contributed by atoms with Gasteiger partial charge in [0.15, 0.2) is 0 Å². The van der Waals surface area contributed by atoms with Gasteiger partial charge >= 0.3 is 0 Å². The monoisotopic (exact) mass is 701 g/mol. The molecule has 1 nitrogen and oxygen atoms in total. The maximum Gasteiger partial charge on any atom is 0.0714 e. The van der Waals surface area contributed by atoms with Crippen LogP contribution in [0.3, 0.4) is 0 Å². The zero-order valence-electron chi connectivity index (χ0n) is 31.0. The third-order valence-electron chi connectivity index (χ3n) is 12.5. The molecule has 0 saturated heterocycles. The molecule has 0 bridgehead atoms. The fourth-order valence-corrected chi connectivity index (χ4v) is 10.0. The van der Waals surface area contributed by atoms with Crippen LogP contribution in [-0.2, 0) is 10.8 Å². The molecule has 0 unspecified atom stereocenters. The molecule has 0 aromatic heterocycles. The lowest BCUT2D eigenvalue weighted by Gasteiger charge is -2.35. The SMILES string of the molecule is CC1(C)c2ccccc2-c2ccc(N(c3ccc4c(c3)C(c3ccccc3)(c3ccccc3)c3ccccc3-4)c3cccc4c3ccc3ccccc34)cc21. The van der Waals surface area contributed by atoms with Crippen molar-refractivity contribution in [3.8, 4) is 22.3 Å². The summed E-state index contributed by atoms with van der Waals surface area (Å²) >= 11 is 0. The highest BCUT2D eigenvalue weighted by Gasteiger charge is 2.46. The first-order valence-corrected chi connectivity index (χ1v) is 19.4. The first-order valence-electron chi connectivity index (χ1n) is 19.4. The van der Waals surface area contributed by atoms with Crippen molar-refractivity contribution < 1.29 is 0 Å². The molecule has 2 aliphatic carbocycles. The molecule has 0 amide bonds. The van der Waals surface area contributed by atoms with E-state index in [-0.39, 0.29) is 5.41 Å². The van der Waals surface area contributed by atoms with E-state index in [1.807, 2.05) is 0 Å². The number of rotatable bonds is 5. The number of benzene rings is 9. The Morgan fingerprint density at radius 3 is 1.58 bits per heavy atom. The van der Waals surface area contributed by atoms with Gasteiger partial charge in [0.25, 0.3) is 0 Å². The third-order valence-corrected chi connectivity index (χ3v) is 12.5. The molecule has 260 valence electrons. The molecule has 1 heteroatoms. The Hall–Kier alpha value is -6.70. The Morgan fingerprint density at radius 2 is 0.873 bits per heavy atom. The van der Waals surface area contributed by atoms with Crippen molar-refractivity contribution in [2.75, 3.05) is 4.90 Å². The molecule has 0 atom stereocenters. The molecule has 0 radical (unpaired) electrons. The summed E-state index contributed by atoms with van der Waals surface area (Å²) in [6.07, 6.45) is 0. The van der Waals surface area contributed by atoms with Crippen molar-refractivity contribution in [1.29, 1.82) is 0 Å². The number of hydrogen-bond donors (Lipinski definition) is 0. The standard InChI is InChI=1S/C54H39N/c1-53(2)48-25-13-11-22-43(48)45-32-29-39(34-50(45)53)55(52-27-15-24-42-41-21-10-9-16-36(41)28-31-47(42)52)40-30-33-46-44-23-12-14-26-49(44)54(51(46)35-40,37-17-5-3-6-18-37)38-19-7-4-8-20-38/h3-35H,1-2H3. The molecular formula is C54H39N. The van der Waals surface area contributed by atoms with E-state index in [1.165, 1.54) is 77.2 Å². The summed E-state index contributed by atoms with van der Waals surface area (Å²) in [5, 5.41) is 5.00. The lowest BCUT2D eigenvalue weighted by molar-refractivity contribution is 0.660. The van der Waals surface area contributed by atoms with Gasteiger partial charge in [0.1, 0.15) is 0 Å². The van der Waals surface area contributed by atoms with Crippen LogP contribution in [0.2, 0.25) is 0 Å². The van der Waals surface area contributed by atoms with Gasteiger partial charge in [-0.15, -0.1) is 0 Å². The molecule has 11 rings (SSSR count). The predicted octanol–water partition coefficient (Wildman–Crippen LogP) is 14.1. The summed E-state index contributed by atoms with van der Waals surface area (Å²) in [5.74, 6) is 0. The first kappa shape index (κ1) is 31.8. The van der Waals surface area contributed by atoms with Crippen LogP contribution in [0.1, 0.15) is 47.2 Å². The molecule has 0 fully saturated rings. The maximum atomic E-state index is 2.51. The quantitative estimate of drug-likeness (QED) is 0.162. The molecule has 0 heterocycles. The second-order valence-electron chi connectivity index (χ2n) is 15.7. The van der Waals surface area contributed by atoms with Gasteiger partial charge in [-0.05, 0) is 102 Å². The highest BCUT2D eigenvalue weighted by atomic mass is 15.1. The Labute approximate surface area is 322 Å². The van der Waals surface area contributed by atoms with Crippen LogP contribution in [0.5, 0.6) is 0 Å². The van der Waals surface area contributed by atoms with Crippen molar-refractivity contribution in [3.63, 3.8) is 0 Å². The summed E-state index contributed by atoms with van der Waals surface area (Å²) < 4.78 is 0. The van der Waals surface area contributed by atoms with Gasteiger partial charge in [0.2, 0.25) is 0 Å². The normalized spacial score (nSPS) is 14.3. The smallest absolute Gasteiger partial charge is 0.0714 e. The summed E-state index contributed by atoms with van der Waals surface area (Å²) in [5.41, 5.74) is 16.0. The van der Waals surface area contributed by atoms with E-state index >= 15 is 0 Å². The predicted molar refractivity (Wildman–Crippen MR) is 231 cm³/mol. The molecule has 0 saturated carbocycles. The second-order valence-corrected chi connectivity index (χ2v) is 15.7. The van der Waals surface area contributed by atoms with Crippen molar-refractivity contribution in [2.45, 2.75) is 24.7 Å². The van der Waals surface area contributed by atoms with E-state index < -0.39 is 5.41 Å². The molecule has 0 aliphatic heterocycles. The second kappa shape index (κ2) is 11.9. The van der Waals surface area contributed by atoms with Crippen molar-refractivity contribution >= 4 is 38.6 Å². The summed E-state index contributed by atoms with van der Waals surface area (Å²) in [7, 11) is 0. The minimum atomic E-state index is -0.493. The van der Waals surface area contributed by atoms with Crippen LogP contribution in [-0.4, -0.2) is 0 Å². The Balaban J connectivity index is 1.21. The largest absolute Gasteiger partial charge is 0.310 e. The Morgan fingerprint density at radius 1 is 0.345 bits per heavy atom. The molecule has 2 aliphatic rings. The van der Waals surface area contributed by atoms with Crippen molar-refractivity contribution in [2.24, 2.45) is 0 Å². The van der Waals surface area contributed by atoms with Gasteiger partial charge in [-0.25, -0.2) is 0 Å². The Bertz CT molecular complexity index is 2920. The van der Waals surface area contributed by atoms with Crippen LogP contribution in [0.4, 0.5) is 17.1 Å². The Kier molecular flexibility index (Phi) is 6.88. The molecular weight excluding hydrogens is 663 g/mol. The summed E-state index contributed by atoms with van der Waals surface area (Å²) in [6, 6.07) is 74.6. The molecule has 55 heavy (non-hydrogen) atoms. The van der Waals surface area contributed by atoms with E-state index in [0.717, 1.165) is 17.1 Å². The van der Waals surface area contributed by atoms with Crippen molar-refractivity contribution in [1.82, 2.24) is 0 Å². The lowest BCUT2D eigenvalue weighted by atomic mass is 9.67. The number of nitrogens with zero attached hydrogens (tertiary/aromatic N) is 1. The summed E-state index contributed by atoms with van der Waals surface area (Å²) in [6.45, 7) is 4.74. The molecule has 0 spiro atoms. The fraction of sp³-hybridized carbons (Fsp3) is 0.0741. The van der Waals surface area contributed by atoms with E-state index in [9.17, 15) is 0 Å². The van der Waals surface area contributed by atoms with Gasteiger partial charge in [-0.3, -0.25) is 0 Å². The molecule has 9 aromatic rings. The van der Waals surface area contributed by atoms with Gasteiger partial charge in [0.05, 0.1) is 11.1 Å². The molecule has 0 N–H and O–H groups in total. The number of fused-ring (bicyclic) bond motifs is 9. The average molecular weight is 702 g/mol. The zero-order valence-corrected chi connectivity index (χ0v) is 31.0. The lowest BCUT2D eigenvalue weighted by Crippen LogP contribution is -2.28. The summed E-state index contributed by atoms with van der Waals surface area (Å²) in [4.78, 5) is 2.51. The van der Waals surface area contributed by atoms with Gasteiger partial charge < -0.3 is 4.90 Å². The van der Waals surface area contributed by atoms with Gasteiger partial charge in [-0.2, -0.15) is 0 Å². The number of anilines is 3. The van der Waals surface area contributed by atoms with Crippen LogP contribution in [0.15, 0.2) is 200 Å². The maximum absolute atomic E-state index is 2.51. The van der Waals surface area contributed by atoms with E-state index in [2.05, 4.69) is 219 Å². The van der Waals surface area contributed by atoms with Gasteiger partial charge in [-0.1, -0.05) is 184 Å². The van der Waals surface area contributed by atoms with Crippen LogP contribution in [0.25, 0.3) is 43.8 Å². The number of hydrogen-bond acceptors (Lipinski definition) is 1. The van der Waals surface area contributed by atoms with Crippen LogP contribution in [0, 0.1) is 0 Å². The van der Waals surface area contributed by atoms with E-state index in [4.69, 9.17) is 0 Å². The molecule has 9 aromatic carbocycles. The van der Waals surface area contributed by atoms with Crippen molar-refractivity contribution in [3.05, 3.63) is 234 Å². The minimum absolute atomic E-state index is 0.127. The van der Waals surface area contributed by atoms with Crippen LogP contribution >= 0.6 is 0 Å². The minimum Gasteiger partial charge on any atom is -0.310 e. The first-order chi connectivity index (χ1) is 27.0. The zero-order chi connectivity index (χ0) is 36.7. The van der Waals surface area contributed by atoms with E-state index in [0.29, 0.717) is 0 Å². The fourth-order valence-electron chi connectivity index (χ4n) is 10.0. The van der Waals surface area contributed by atoms with E-state index in [1.54, 1.807) is 0 Å². The van der Waals surface area contributed by atoms with Gasteiger partial charge in [0, 0.05) is 22.2 Å². The highest BCUT2D eigenvalue weighted by molar-refractivity contribution is 6.13.